The van der Waals surface area contributed by atoms with Gasteiger partial charge >= 0.3 is 11.9 Å². The minimum atomic E-state index is -4.26. The summed E-state index contributed by atoms with van der Waals surface area (Å²) in [6, 6.07) is 11.5. The number of rotatable bonds is 8. The van der Waals surface area contributed by atoms with Crippen molar-refractivity contribution in [3.63, 3.8) is 0 Å². The Balaban J connectivity index is 1.93. The number of ether oxygens (including phenoxy) is 1. The van der Waals surface area contributed by atoms with Crippen LogP contribution in [0.4, 0.5) is 5.69 Å². The first-order valence-corrected chi connectivity index (χ1v) is 12.4. The maximum Gasteiger partial charge on any atom is 0.342 e. The monoisotopic (exact) mass is 497 g/mol. The number of esters is 1. The van der Waals surface area contributed by atoms with Gasteiger partial charge in [0.15, 0.2) is 0 Å². The van der Waals surface area contributed by atoms with Crippen molar-refractivity contribution >= 4 is 49.4 Å². The van der Waals surface area contributed by atoms with Crippen molar-refractivity contribution in [2.75, 3.05) is 11.3 Å². The van der Waals surface area contributed by atoms with Crippen molar-refractivity contribution in [1.29, 1.82) is 0 Å². The molecule has 1 heterocycles. The zero-order chi connectivity index (χ0) is 25.3. The molecule has 4 rings (SSSR count). The van der Waals surface area contributed by atoms with E-state index in [1.54, 1.807) is 31.2 Å². The normalized spacial score (nSPS) is 11.6. The lowest BCUT2D eigenvalue weighted by atomic mass is 10.0. The third kappa shape index (κ3) is 4.40. The minimum Gasteiger partial charge on any atom is -0.507 e. The molecule has 1 aromatic heterocycles. The Morgan fingerprint density at radius 2 is 1.74 bits per heavy atom. The third-order valence-corrected chi connectivity index (χ3v) is 6.84. The van der Waals surface area contributed by atoms with Gasteiger partial charge in [0, 0.05) is 22.6 Å². The van der Waals surface area contributed by atoms with Gasteiger partial charge in [-0.2, -0.15) is 0 Å². The van der Waals surface area contributed by atoms with Crippen LogP contribution in [0.3, 0.4) is 0 Å². The fourth-order valence-corrected chi connectivity index (χ4v) is 5.04. The number of nitrogens with one attached hydrogen (secondary N) is 1. The molecule has 0 atom stereocenters. The Hall–Kier alpha value is -4.05. The van der Waals surface area contributed by atoms with E-state index in [0.717, 1.165) is 24.6 Å². The number of anilines is 1. The Morgan fingerprint density at radius 3 is 2.40 bits per heavy atom. The van der Waals surface area contributed by atoms with Crippen molar-refractivity contribution in [2.24, 2.45) is 0 Å². The largest absolute Gasteiger partial charge is 0.507 e. The van der Waals surface area contributed by atoms with Crippen molar-refractivity contribution in [3.05, 3.63) is 65.4 Å². The van der Waals surface area contributed by atoms with Crippen LogP contribution >= 0.6 is 0 Å². The van der Waals surface area contributed by atoms with E-state index >= 15 is 0 Å². The summed E-state index contributed by atoms with van der Waals surface area (Å²) in [6.45, 7) is 3.80. The molecule has 35 heavy (non-hydrogen) atoms. The highest BCUT2D eigenvalue weighted by Crippen LogP contribution is 2.38. The molecule has 3 N–H and O–H groups in total. The number of phenols is 1. The van der Waals surface area contributed by atoms with E-state index in [2.05, 4.69) is 4.72 Å². The van der Waals surface area contributed by atoms with E-state index in [1.165, 1.54) is 6.07 Å². The smallest absolute Gasteiger partial charge is 0.342 e. The van der Waals surface area contributed by atoms with Gasteiger partial charge in [-0.05, 0) is 37.6 Å². The SMILES string of the molecule is CCCc1oc2c(cc(NS(=O)(=O)c3ccc(O)c(C(=O)O)c3)c3ccccc32)c1C(=O)OCC. The standard InChI is InChI=1S/C25H23NO8S/c1-3-7-21-22(25(30)33-4-2)18-13-19(15-8-5-6-9-16(15)23(18)34-21)26-35(31,32)14-10-11-20(27)17(12-14)24(28)29/h5-6,8-13,26-27H,3-4,7H2,1-2H3,(H,28,29). The topological polar surface area (TPSA) is 143 Å². The fraction of sp³-hybridized carbons (Fsp3) is 0.200. The van der Waals surface area contributed by atoms with Crippen LogP contribution in [0.2, 0.25) is 0 Å². The van der Waals surface area contributed by atoms with Gasteiger partial charge < -0.3 is 19.4 Å². The third-order valence-electron chi connectivity index (χ3n) is 5.48. The van der Waals surface area contributed by atoms with Crippen molar-refractivity contribution in [2.45, 2.75) is 31.6 Å². The highest BCUT2D eigenvalue weighted by atomic mass is 32.2. The van der Waals surface area contributed by atoms with E-state index in [-0.39, 0.29) is 22.8 Å². The second-order valence-electron chi connectivity index (χ2n) is 7.81. The predicted molar refractivity (Wildman–Crippen MR) is 130 cm³/mol. The lowest BCUT2D eigenvalue weighted by Crippen LogP contribution is -2.14. The van der Waals surface area contributed by atoms with Crippen LogP contribution in [0.1, 0.15) is 46.7 Å². The molecule has 0 saturated heterocycles. The van der Waals surface area contributed by atoms with Crippen molar-refractivity contribution < 1.29 is 37.4 Å². The number of hydrogen-bond donors (Lipinski definition) is 3. The number of carbonyl (C=O) groups is 2. The molecule has 0 aliphatic carbocycles. The molecular weight excluding hydrogens is 474 g/mol. The van der Waals surface area contributed by atoms with Gasteiger partial charge in [0.25, 0.3) is 10.0 Å². The lowest BCUT2D eigenvalue weighted by molar-refractivity contribution is 0.0525. The molecule has 182 valence electrons. The van der Waals surface area contributed by atoms with Crippen LogP contribution in [0, 0.1) is 0 Å². The zero-order valence-corrected chi connectivity index (χ0v) is 19.8. The Labute approximate surface area is 201 Å². The second kappa shape index (κ2) is 9.30. The van der Waals surface area contributed by atoms with Gasteiger partial charge in [-0.25, -0.2) is 18.0 Å². The maximum atomic E-state index is 13.2. The van der Waals surface area contributed by atoms with E-state index in [1.807, 2.05) is 6.92 Å². The predicted octanol–water partition coefficient (Wildman–Crippen LogP) is 4.92. The number of furan rings is 1. The average Bonchev–Trinajstić information content (AvgIpc) is 3.17. The molecule has 4 aromatic rings. The van der Waals surface area contributed by atoms with Crippen LogP contribution in [0.25, 0.3) is 21.7 Å². The molecule has 0 saturated carbocycles. The number of fused-ring (bicyclic) bond motifs is 3. The molecule has 9 nitrogen and oxygen atoms in total. The first kappa shape index (κ1) is 24.1. The molecule has 0 unspecified atom stereocenters. The quantitative estimate of drug-likeness (QED) is 0.291. The molecule has 0 aliphatic heterocycles. The van der Waals surface area contributed by atoms with E-state index in [4.69, 9.17) is 9.15 Å². The molecule has 0 radical (unpaired) electrons. The number of aromatic hydroxyl groups is 1. The summed E-state index contributed by atoms with van der Waals surface area (Å²) in [6.07, 6.45) is 1.21. The summed E-state index contributed by atoms with van der Waals surface area (Å²) in [5.74, 6) is -2.13. The first-order valence-electron chi connectivity index (χ1n) is 10.9. The zero-order valence-electron chi connectivity index (χ0n) is 19.0. The lowest BCUT2D eigenvalue weighted by Gasteiger charge is -2.12. The highest BCUT2D eigenvalue weighted by molar-refractivity contribution is 7.92. The van der Waals surface area contributed by atoms with Crippen LogP contribution in [0.15, 0.2) is 57.8 Å². The number of carbonyl (C=O) groups excluding carboxylic acids is 1. The van der Waals surface area contributed by atoms with Gasteiger partial charge in [-0.3, -0.25) is 4.72 Å². The maximum absolute atomic E-state index is 13.2. The Kier molecular flexibility index (Phi) is 6.40. The molecule has 0 amide bonds. The molecule has 0 aliphatic rings. The van der Waals surface area contributed by atoms with Crippen LogP contribution < -0.4 is 4.72 Å². The van der Waals surface area contributed by atoms with Crippen molar-refractivity contribution in [1.82, 2.24) is 0 Å². The molecule has 0 fully saturated rings. The number of hydrogen-bond acceptors (Lipinski definition) is 7. The van der Waals surface area contributed by atoms with Crippen LogP contribution in [-0.2, 0) is 21.2 Å². The summed E-state index contributed by atoms with van der Waals surface area (Å²) in [4.78, 5) is 23.8. The number of benzene rings is 3. The number of sulfonamides is 1. The first-order chi connectivity index (χ1) is 16.7. The van der Waals surface area contributed by atoms with Crippen LogP contribution in [-0.4, -0.2) is 37.2 Å². The van der Waals surface area contributed by atoms with Gasteiger partial charge in [-0.15, -0.1) is 0 Å². The molecule has 0 spiro atoms. The highest BCUT2D eigenvalue weighted by Gasteiger charge is 2.26. The number of carboxylic acid groups (broad SMARTS) is 1. The summed E-state index contributed by atoms with van der Waals surface area (Å²) in [5, 5.41) is 20.5. The van der Waals surface area contributed by atoms with Crippen molar-refractivity contribution in [3.8, 4) is 5.75 Å². The molecule has 0 bridgehead atoms. The van der Waals surface area contributed by atoms with Gasteiger partial charge in [0.2, 0.25) is 0 Å². The van der Waals surface area contributed by atoms with E-state index < -0.39 is 33.3 Å². The number of aromatic carboxylic acids is 1. The minimum absolute atomic E-state index is 0.164. The average molecular weight is 498 g/mol. The summed E-state index contributed by atoms with van der Waals surface area (Å²) in [7, 11) is -4.26. The molecule has 3 aromatic carbocycles. The number of aryl methyl sites for hydroxylation is 1. The fourth-order valence-electron chi connectivity index (χ4n) is 3.94. The Bertz CT molecular complexity index is 1570. The second-order valence-corrected chi connectivity index (χ2v) is 9.49. The molecule has 10 heteroatoms. The van der Waals surface area contributed by atoms with E-state index in [0.29, 0.717) is 33.9 Å². The Morgan fingerprint density at radius 1 is 1.03 bits per heavy atom. The van der Waals surface area contributed by atoms with Gasteiger partial charge in [0.05, 0.1) is 17.2 Å². The summed E-state index contributed by atoms with van der Waals surface area (Å²) >= 11 is 0. The number of carboxylic acids is 1. The molecular formula is C25H23NO8S. The van der Waals surface area contributed by atoms with Gasteiger partial charge in [-0.1, -0.05) is 31.2 Å². The summed E-state index contributed by atoms with van der Waals surface area (Å²) < 4.78 is 40.2. The van der Waals surface area contributed by atoms with E-state index in [9.17, 15) is 28.2 Å². The summed E-state index contributed by atoms with van der Waals surface area (Å²) in [5.41, 5.74) is 0.310. The van der Waals surface area contributed by atoms with Crippen LogP contribution in [0.5, 0.6) is 5.75 Å². The van der Waals surface area contributed by atoms with Gasteiger partial charge in [0.1, 0.15) is 28.2 Å².